The maximum atomic E-state index is 13.6. The number of hydrogen-bond acceptors (Lipinski definition) is 3. The maximum absolute atomic E-state index is 13.6. The Labute approximate surface area is 192 Å². The Morgan fingerprint density at radius 2 is 1.42 bits per heavy atom. The number of para-hydroxylation sites is 3. The van der Waals surface area contributed by atoms with Crippen molar-refractivity contribution >= 4 is 22.6 Å². The van der Waals surface area contributed by atoms with E-state index in [4.69, 9.17) is 4.74 Å². The minimum Gasteiger partial charge on any atom is -0.423 e. The van der Waals surface area contributed by atoms with Crippen LogP contribution in [-0.4, -0.2) is 11.0 Å². The van der Waals surface area contributed by atoms with Gasteiger partial charge in [0.2, 0.25) is 0 Å². The molecule has 1 aliphatic heterocycles. The molecule has 0 aliphatic carbocycles. The molecular weight excluding hydrogens is 408 g/mol. The van der Waals surface area contributed by atoms with E-state index in [0.717, 1.165) is 39.0 Å². The molecule has 33 heavy (non-hydrogen) atoms. The number of ether oxygens (including phenoxy) is 1. The molecule has 0 saturated heterocycles. The van der Waals surface area contributed by atoms with E-state index in [1.807, 2.05) is 72.8 Å². The highest BCUT2D eigenvalue weighted by atomic mass is 16.5. The molecular formula is C29H22N2O2. The maximum Gasteiger partial charge on any atom is 0.339 e. The number of benzene rings is 4. The molecule has 0 saturated carbocycles. The van der Waals surface area contributed by atoms with Crippen molar-refractivity contribution in [3.8, 4) is 17.0 Å². The molecule has 1 N–H and O–H groups in total. The number of hydrogen-bond donors (Lipinski definition) is 1. The molecule has 0 spiro atoms. The van der Waals surface area contributed by atoms with Crippen LogP contribution in [0.4, 0.5) is 5.69 Å². The summed E-state index contributed by atoms with van der Waals surface area (Å²) >= 11 is 0. The molecule has 1 aromatic heterocycles. The molecule has 1 atom stereocenters. The average Bonchev–Trinajstić information content (AvgIpc) is 3.24. The van der Waals surface area contributed by atoms with E-state index in [2.05, 4.69) is 46.3 Å². The Hall–Kier alpha value is -4.31. The van der Waals surface area contributed by atoms with Gasteiger partial charge in [0, 0.05) is 23.0 Å². The molecule has 2 heterocycles. The number of anilines is 1. The lowest BCUT2D eigenvalue weighted by molar-refractivity contribution is -0.136. The summed E-state index contributed by atoms with van der Waals surface area (Å²) < 4.78 is 5.88. The summed E-state index contributed by atoms with van der Waals surface area (Å²) in [7, 11) is 0. The Balaban J connectivity index is 1.59. The molecule has 4 nitrogen and oxygen atoms in total. The number of nitrogens with one attached hydrogen (secondary N) is 1. The van der Waals surface area contributed by atoms with Crippen LogP contribution in [0.5, 0.6) is 5.75 Å². The number of carbonyl (C=O) groups is 1. The first-order valence-electron chi connectivity index (χ1n) is 11.1. The number of nitrogens with zero attached hydrogens (tertiary/aromatic N) is 1. The van der Waals surface area contributed by atoms with Crippen molar-refractivity contribution < 1.29 is 9.53 Å². The van der Waals surface area contributed by atoms with Gasteiger partial charge in [-0.1, -0.05) is 91.0 Å². The Morgan fingerprint density at radius 3 is 2.24 bits per heavy atom. The van der Waals surface area contributed by atoms with Gasteiger partial charge in [0.05, 0.1) is 11.4 Å². The normalized spacial score (nSPS) is 15.3. The van der Waals surface area contributed by atoms with E-state index in [0.29, 0.717) is 12.3 Å². The molecule has 0 radical (unpaired) electrons. The van der Waals surface area contributed by atoms with Crippen LogP contribution in [-0.2, 0) is 11.3 Å². The van der Waals surface area contributed by atoms with E-state index in [1.54, 1.807) is 0 Å². The second-order valence-corrected chi connectivity index (χ2v) is 8.23. The summed E-state index contributed by atoms with van der Waals surface area (Å²) in [4.78, 5) is 19.3. The van der Waals surface area contributed by atoms with Crippen LogP contribution in [0.2, 0.25) is 0 Å². The predicted molar refractivity (Wildman–Crippen MR) is 131 cm³/mol. The third-order valence-corrected chi connectivity index (χ3v) is 6.20. The number of fused-ring (bicyclic) bond motifs is 2. The largest absolute Gasteiger partial charge is 0.423 e. The van der Waals surface area contributed by atoms with Crippen LogP contribution in [0.25, 0.3) is 22.2 Å². The van der Waals surface area contributed by atoms with Gasteiger partial charge in [-0.3, -0.25) is 0 Å². The molecule has 5 aromatic rings. The summed E-state index contributed by atoms with van der Waals surface area (Å²) in [5.74, 6) is 0.322. The molecule has 1 aliphatic rings. The van der Waals surface area contributed by atoms with Crippen molar-refractivity contribution in [2.75, 3.05) is 4.90 Å². The fraction of sp³-hybridized carbons (Fsp3) is 0.0690. The molecule has 0 bridgehead atoms. The molecule has 0 fully saturated rings. The van der Waals surface area contributed by atoms with Crippen molar-refractivity contribution in [1.29, 1.82) is 0 Å². The third-order valence-electron chi connectivity index (χ3n) is 6.20. The minimum absolute atomic E-state index is 0.272. The number of aromatic nitrogens is 1. The Morgan fingerprint density at radius 1 is 0.758 bits per heavy atom. The van der Waals surface area contributed by atoms with Crippen molar-refractivity contribution in [3.05, 3.63) is 120 Å². The van der Waals surface area contributed by atoms with Crippen molar-refractivity contribution in [2.45, 2.75) is 12.6 Å². The van der Waals surface area contributed by atoms with E-state index in [9.17, 15) is 4.79 Å². The van der Waals surface area contributed by atoms with Crippen molar-refractivity contribution in [1.82, 2.24) is 4.98 Å². The zero-order valence-corrected chi connectivity index (χ0v) is 17.9. The van der Waals surface area contributed by atoms with Gasteiger partial charge in [-0.2, -0.15) is 0 Å². The number of carbonyl (C=O) groups excluding carboxylic acids is 1. The summed E-state index contributed by atoms with van der Waals surface area (Å²) in [5, 5.41) is 1.02. The van der Waals surface area contributed by atoms with E-state index in [1.165, 1.54) is 0 Å². The van der Waals surface area contributed by atoms with E-state index in [-0.39, 0.29) is 5.97 Å². The topological polar surface area (TPSA) is 45.3 Å². The summed E-state index contributed by atoms with van der Waals surface area (Å²) in [5.41, 5.74) is 5.96. The second-order valence-electron chi connectivity index (χ2n) is 8.23. The van der Waals surface area contributed by atoms with Crippen LogP contribution in [0.1, 0.15) is 17.2 Å². The molecule has 1 unspecified atom stereocenters. The van der Waals surface area contributed by atoms with Gasteiger partial charge in [-0.05, 0) is 29.3 Å². The Kier molecular flexibility index (Phi) is 4.69. The number of rotatable bonds is 4. The van der Waals surface area contributed by atoms with Crippen molar-refractivity contribution in [3.63, 3.8) is 0 Å². The summed E-state index contributed by atoms with van der Waals surface area (Å²) in [6.07, 6.45) is 0. The number of aromatic amines is 1. The predicted octanol–water partition coefficient (Wildman–Crippen LogP) is 6.50. The van der Waals surface area contributed by atoms with E-state index < -0.39 is 6.04 Å². The van der Waals surface area contributed by atoms with Crippen LogP contribution in [0.15, 0.2) is 109 Å². The minimum atomic E-state index is -0.591. The highest BCUT2D eigenvalue weighted by molar-refractivity contribution is 5.99. The zero-order chi connectivity index (χ0) is 22.2. The second kappa shape index (κ2) is 7.99. The molecule has 4 heteroatoms. The zero-order valence-electron chi connectivity index (χ0n) is 17.9. The smallest absolute Gasteiger partial charge is 0.339 e. The molecule has 6 rings (SSSR count). The van der Waals surface area contributed by atoms with Gasteiger partial charge in [-0.25, -0.2) is 4.79 Å². The van der Waals surface area contributed by atoms with Crippen molar-refractivity contribution in [2.24, 2.45) is 0 Å². The highest BCUT2D eigenvalue weighted by Gasteiger charge is 2.39. The standard InChI is InChI=1S/C29H22N2O2/c32-29-28(26-22-15-7-8-16-23(22)30-27(26)21-13-5-2-6-14-21)31(19-20-11-3-1-4-12-20)24-17-9-10-18-25(24)33-29/h1-18,28,30H,19H2. The van der Waals surface area contributed by atoms with Crippen LogP contribution >= 0.6 is 0 Å². The summed E-state index contributed by atoms with van der Waals surface area (Å²) in [6.45, 7) is 0.589. The third kappa shape index (κ3) is 3.37. The van der Waals surface area contributed by atoms with Gasteiger partial charge < -0.3 is 14.6 Å². The molecule has 4 aromatic carbocycles. The first kappa shape index (κ1) is 19.4. The van der Waals surface area contributed by atoms with Crippen LogP contribution in [0.3, 0.4) is 0 Å². The monoisotopic (exact) mass is 430 g/mol. The van der Waals surface area contributed by atoms with Crippen LogP contribution in [0, 0.1) is 0 Å². The first-order valence-corrected chi connectivity index (χ1v) is 11.1. The van der Waals surface area contributed by atoms with Gasteiger partial charge in [0.15, 0.2) is 11.8 Å². The molecule has 0 amide bonds. The van der Waals surface area contributed by atoms with Gasteiger partial charge in [0.1, 0.15) is 0 Å². The fourth-order valence-corrected chi connectivity index (χ4v) is 4.72. The van der Waals surface area contributed by atoms with Gasteiger partial charge in [-0.15, -0.1) is 0 Å². The van der Waals surface area contributed by atoms with Crippen LogP contribution < -0.4 is 9.64 Å². The lowest BCUT2D eigenvalue weighted by Crippen LogP contribution is -2.40. The van der Waals surface area contributed by atoms with Gasteiger partial charge in [0.25, 0.3) is 0 Å². The first-order chi connectivity index (χ1) is 16.3. The lowest BCUT2D eigenvalue weighted by atomic mass is 9.95. The summed E-state index contributed by atoms with van der Waals surface area (Å²) in [6, 6.07) is 35.7. The lowest BCUT2D eigenvalue weighted by Gasteiger charge is -2.37. The average molecular weight is 431 g/mol. The number of H-pyrrole nitrogens is 1. The number of esters is 1. The SMILES string of the molecule is O=C1Oc2ccccc2N(Cc2ccccc2)C1c1c(-c2ccccc2)[nH]c2ccccc12. The van der Waals surface area contributed by atoms with Gasteiger partial charge >= 0.3 is 5.97 Å². The quantitative estimate of drug-likeness (QED) is 0.261. The Bertz CT molecular complexity index is 1440. The fourth-order valence-electron chi connectivity index (χ4n) is 4.72. The van der Waals surface area contributed by atoms with E-state index >= 15 is 0 Å². The highest BCUT2D eigenvalue weighted by Crippen LogP contribution is 2.45. The molecule has 160 valence electrons.